The second-order valence-corrected chi connectivity index (χ2v) is 9.09. The lowest BCUT2D eigenvalue weighted by atomic mass is 10.1. The molecule has 3 rings (SSSR count). The molecule has 1 saturated heterocycles. The zero-order chi connectivity index (χ0) is 16.4. The lowest BCUT2D eigenvalue weighted by Gasteiger charge is -2.28. The smallest absolute Gasteiger partial charge is 0.207 e. The number of hydrogen-bond donors (Lipinski definition) is 0. The molecule has 1 aromatic heterocycles. The van der Waals surface area contributed by atoms with E-state index in [0.29, 0.717) is 6.54 Å². The minimum absolute atomic E-state index is 0.119. The van der Waals surface area contributed by atoms with Crippen LogP contribution in [0.4, 0.5) is 4.39 Å². The molecule has 1 aromatic carbocycles. The molecule has 0 aliphatic carbocycles. The molecule has 3 nitrogen and oxygen atoms in total. The molecular weight excluding hydrogens is 333 g/mol. The van der Waals surface area contributed by atoms with E-state index in [9.17, 15) is 12.8 Å². The summed E-state index contributed by atoms with van der Waals surface area (Å²) in [6.07, 6.45) is 3.76. The molecule has 0 N–H and O–H groups in total. The van der Waals surface area contributed by atoms with Crippen LogP contribution in [0.1, 0.15) is 41.5 Å². The minimum Gasteiger partial charge on any atom is -0.207 e. The first-order valence-electron chi connectivity index (χ1n) is 7.82. The molecule has 2 heterocycles. The molecule has 1 fully saturated rings. The van der Waals surface area contributed by atoms with Gasteiger partial charge in [-0.05, 0) is 56.2 Å². The highest BCUT2D eigenvalue weighted by Crippen LogP contribution is 2.37. The SMILES string of the molecule is Cc1ccc(C2CCCCCN2S(=O)(=O)c2ccc(F)cc2)s1. The number of benzene rings is 1. The Labute approximate surface area is 140 Å². The first kappa shape index (κ1) is 16.6. The highest BCUT2D eigenvalue weighted by atomic mass is 32.2. The van der Waals surface area contributed by atoms with Gasteiger partial charge >= 0.3 is 0 Å². The van der Waals surface area contributed by atoms with Gasteiger partial charge in [0.25, 0.3) is 0 Å². The molecular formula is C17H20FNO2S2. The molecule has 0 saturated carbocycles. The average Bonchev–Trinajstić information content (AvgIpc) is 2.80. The van der Waals surface area contributed by atoms with Gasteiger partial charge < -0.3 is 0 Å². The molecule has 1 atom stereocenters. The van der Waals surface area contributed by atoms with Crippen molar-refractivity contribution in [1.29, 1.82) is 0 Å². The van der Waals surface area contributed by atoms with Gasteiger partial charge in [-0.2, -0.15) is 4.31 Å². The fourth-order valence-electron chi connectivity index (χ4n) is 3.03. The van der Waals surface area contributed by atoms with Gasteiger partial charge in [0.2, 0.25) is 10.0 Å². The Morgan fingerprint density at radius 2 is 1.83 bits per heavy atom. The van der Waals surface area contributed by atoms with Crippen LogP contribution in [0.3, 0.4) is 0 Å². The van der Waals surface area contributed by atoms with Gasteiger partial charge in [0.1, 0.15) is 5.82 Å². The Bertz CT molecular complexity index is 768. The van der Waals surface area contributed by atoms with Crippen molar-refractivity contribution in [2.24, 2.45) is 0 Å². The van der Waals surface area contributed by atoms with E-state index in [1.165, 1.54) is 29.1 Å². The Hall–Kier alpha value is -1.24. The summed E-state index contributed by atoms with van der Waals surface area (Å²) in [4.78, 5) is 2.44. The number of sulfonamides is 1. The number of halogens is 1. The van der Waals surface area contributed by atoms with E-state index in [1.54, 1.807) is 15.6 Å². The largest absolute Gasteiger partial charge is 0.243 e. The van der Waals surface area contributed by atoms with E-state index in [1.807, 2.05) is 19.1 Å². The second-order valence-electron chi connectivity index (χ2n) is 5.88. The summed E-state index contributed by atoms with van der Waals surface area (Å²) in [5, 5.41) is 0. The van der Waals surface area contributed by atoms with Crippen molar-refractivity contribution in [2.45, 2.75) is 43.5 Å². The van der Waals surface area contributed by atoms with Gasteiger partial charge in [0.15, 0.2) is 0 Å². The third-order valence-electron chi connectivity index (χ3n) is 4.21. The zero-order valence-corrected chi connectivity index (χ0v) is 14.7. The maximum atomic E-state index is 13.1. The normalized spacial score (nSPS) is 20.3. The van der Waals surface area contributed by atoms with Crippen molar-refractivity contribution in [3.8, 4) is 0 Å². The van der Waals surface area contributed by atoms with Crippen LogP contribution >= 0.6 is 11.3 Å². The predicted molar refractivity (Wildman–Crippen MR) is 90.6 cm³/mol. The van der Waals surface area contributed by atoms with Crippen molar-refractivity contribution in [3.63, 3.8) is 0 Å². The standard InChI is InChI=1S/C17H20FNO2S2/c1-13-6-11-17(22-13)16-5-3-2-4-12-19(16)23(20,21)15-9-7-14(18)8-10-15/h6-11,16H,2-5,12H2,1H3. The summed E-state index contributed by atoms with van der Waals surface area (Å²) >= 11 is 1.65. The number of rotatable bonds is 3. The first-order valence-corrected chi connectivity index (χ1v) is 10.1. The molecule has 23 heavy (non-hydrogen) atoms. The number of hydrogen-bond acceptors (Lipinski definition) is 3. The molecule has 0 spiro atoms. The van der Waals surface area contributed by atoms with Crippen LogP contribution in [0.25, 0.3) is 0 Å². The topological polar surface area (TPSA) is 37.4 Å². The molecule has 1 aliphatic heterocycles. The summed E-state index contributed by atoms with van der Waals surface area (Å²) < 4.78 is 40.8. The van der Waals surface area contributed by atoms with Gasteiger partial charge in [-0.3, -0.25) is 0 Å². The highest BCUT2D eigenvalue weighted by Gasteiger charge is 2.34. The molecule has 0 radical (unpaired) electrons. The molecule has 2 aromatic rings. The van der Waals surface area contributed by atoms with Gasteiger partial charge in [0, 0.05) is 16.3 Å². The Morgan fingerprint density at radius 3 is 2.48 bits per heavy atom. The monoisotopic (exact) mass is 353 g/mol. The van der Waals surface area contributed by atoms with Crippen molar-refractivity contribution >= 4 is 21.4 Å². The fourth-order valence-corrected chi connectivity index (χ4v) is 5.79. The van der Waals surface area contributed by atoms with Gasteiger partial charge in [-0.25, -0.2) is 12.8 Å². The predicted octanol–water partition coefficient (Wildman–Crippen LogP) is 4.50. The van der Waals surface area contributed by atoms with Crippen LogP contribution in [0.15, 0.2) is 41.3 Å². The summed E-state index contributed by atoms with van der Waals surface area (Å²) in [6.45, 7) is 2.55. The first-order chi connectivity index (χ1) is 11.0. The minimum atomic E-state index is -3.62. The maximum Gasteiger partial charge on any atom is 0.243 e. The van der Waals surface area contributed by atoms with Crippen LogP contribution < -0.4 is 0 Å². The van der Waals surface area contributed by atoms with E-state index < -0.39 is 15.8 Å². The van der Waals surface area contributed by atoms with Crippen molar-refractivity contribution in [2.75, 3.05) is 6.54 Å². The zero-order valence-electron chi connectivity index (χ0n) is 13.0. The molecule has 6 heteroatoms. The summed E-state index contributed by atoms with van der Waals surface area (Å²) in [6, 6.07) is 9.06. The van der Waals surface area contributed by atoms with Crippen molar-refractivity contribution < 1.29 is 12.8 Å². The van der Waals surface area contributed by atoms with E-state index >= 15 is 0 Å². The van der Waals surface area contributed by atoms with Gasteiger partial charge in [0.05, 0.1) is 10.9 Å². The molecule has 124 valence electrons. The van der Waals surface area contributed by atoms with Crippen molar-refractivity contribution in [3.05, 3.63) is 52.0 Å². The second kappa shape index (κ2) is 6.71. The summed E-state index contributed by atoms with van der Waals surface area (Å²) in [5.74, 6) is -0.426. The average molecular weight is 353 g/mol. The maximum absolute atomic E-state index is 13.1. The highest BCUT2D eigenvalue weighted by molar-refractivity contribution is 7.89. The summed E-state index contributed by atoms with van der Waals surface area (Å²) in [5.41, 5.74) is 0. The van der Waals surface area contributed by atoms with E-state index in [-0.39, 0.29) is 10.9 Å². The number of thiophene rings is 1. The van der Waals surface area contributed by atoms with Gasteiger partial charge in [-0.1, -0.05) is 12.8 Å². The number of aryl methyl sites for hydroxylation is 1. The molecule has 1 aliphatic rings. The quantitative estimate of drug-likeness (QED) is 0.814. The Kier molecular flexibility index (Phi) is 4.85. The lowest BCUT2D eigenvalue weighted by Crippen LogP contribution is -2.34. The fraction of sp³-hybridized carbons (Fsp3) is 0.412. The van der Waals surface area contributed by atoms with Crippen LogP contribution in [-0.2, 0) is 10.0 Å². The number of nitrogens with zero attached hydrogens (tertiary/aromatic N) is 1. The van der Waals surface area contributed by atoms with E-state index in [2.05, 4.69) is 0 Å². The third-order valence-corrected chi connectivity index (χ3v) is 7.24. The Morgan fingerprint density at radius 1 is 1.09 bits per heavy atom. The molecule has 1 unspecified atom stereocenters. The van der Waals surface area contributed by atoms with Crippen molar-refractivity contribution in [1.82, 2.24) is 4.31 Å². The van der Waals surface area contributed by atoms with Crippen LogP contribution in [0.2, 0.25) is 0 Å². The summed E-state index contributed by atoms with van der Waals surface area (Å²) in [7, 11) is -3.62. The molecule has 0 amide bonds. The third kappa shape index (κ3) is 3.49. The Balaban J connectivity index is 2.00. The van der Waals surface area contributed by atoms with Gasteiger partial charge in [-0.15, -0.1) is 11.3 Å². The lowest BCUT2D eigenvalue weighted by molar-refractivity contribution is 0.333. The van der Waals surface area contributed by atoms with E-state index in [4.69, 9.17) is 0 Å². The van der Waals surface area contributed by atoms with Crippen LogP contribution in [0, 0.1) is 12.7 Å². The van der Waals surface area contributed by atoms with Crippen LogP contribution in [-0.4, -0.2) is 19.3 Å². The van der Waals surface area contributed by atoms with Crippen LogP contribution in [0.5, 0.6) is 0 Å². The van der Waals surface area contributed by atoms with E-state index in [0.717, 1.165) is 30.6 Å². The molecule has 0 bridgehead atoms.